The first-order valence-electron chi connectivity index (χ1n) is 11.2. The Hall–Kier alpha value is -3.14. The highest BCUT2D eigenvalue weighted by Gasteiger charge is 2.25. The van der Waals surface area contributed by atoms with Gasteiger partial charge in [0.1, 0.15) is 11.2 Å². The van der Waals surface area contributed by atoms with E-state index in [4.69, 9.17) is 14.2 Å². The zero-order valence-corrected chi connectivity index (χ0v) is 21.5. The summed E-state index contributed by atoms with van der Waals surface area (Å²) in [6.45, 7) is 14.8. The van der Waals surface area contributed by atoms with Crippen LogP contribution in [0.3, 0.4) is 0 Å². The number of aromatic nitrogens is 2. The van der Waals surface area contributed by atoms with Gasteiger partial charge in [-0.1, -0.05) is 6.07 Å². The summed E-state index contributed by atoms with van der Waals surface area (Å²) in [7, 11) is 1.53. The average Bonchev–Trinajstić information content (AvgIpc) is 2.96. The number of carbonyl (C=O) groups excluding carboxylic acids is 2. The number of imidazole rings is 1. The third-order valence-electron chi connectivity index (χ3n) is 4.45. The summed E-state index contributed by atoms with van der Waals surface area (Å²) in [5, 5.41) is 5.46. The Labute approximate surface area is 200 Å². The fourth-order valence-corrected chi connectivity index (χ4v) is 3.12. The van der Waals surface area contributed by atoms with E-state index in [1.165, 1.54) is 22.9 Å². The van der Waals surface area contributed by atoms with Crippen molar-refractivity contribution in [2.45, 2.75) is 72.6 Å². The summed E-state index contributed by atoms with van der Waals surface area (Å²) < 4.78 is 18.5. The van der Waals surface area contributed by atoms with Crippen LogP contribution < -0.4 is 5.69 Å². The number of rotatable bonds is 6. The molecule has 1 aromatic carbocycles. The molecule has 10 heteroatoms. The maximum atomic E-state index is 13.1. The van der Waals surface area contributed by atoms with Gasteiger partial charge in [-0.2, -0.15) is 14.7 Å². The first kappa shape index (κ1) is 27.1. The van der Waals surface area contributed by atoms with Crippen LogP contribution in [0, 0.1) is 0 Å². The molecule has 0 aliphatic rings. The van der Waals surface area contributed by atoms with E-state index in [9.17, 15) is 14.4 Å². The average molecular weight is 477 g/mol. The molecule has 0 saturated heterocycles. The Bertz CT molecular complexity index is 1120. The molecule has 0 aliphatic carbocycles. The van der Waals surface area contributed by atoms with Crippen molar-refractivity contribution >= 4 is 29.4 Å². The van der Waals surface area contributed by atoms with E-state index in [0.717, 1.165) is 4.57 Å². The second kappa shape index (κ2) is 10.4. The van der Waals surface area contributed by atoms with Crippen LogP contribution in [0.4, 0.5) is 9.59 Å². The van der Waals surface area contributed by atoms with Crippen molar-refractivity contribution in [2.75, 3.05) is 20.3 Å². The van der Waals surface area contributed by atoms with Crippen LogP contribution in [0.2, 0.25) is 0 Å². The lowest BCUT2D eigenvalue weighted by Crippen LogP contribution is -2.35. The molecule has 0 unspecified atom stereocenters. The van der Waals surface area contributed by atoms with Gasteiger partial charge >= 0.3 is 17.9 Å². The number of hydrazone groups is 1. The molecule has 0 saturated carbocycles. The van der Waals surface area contributed by atoms with E-state index in [1.54, 1.807) is 59.7 Å². The van der Waals surface area contributed by atoms with E-state index >= 15 is 0 Å². The molecule has 0 fully saturated rings. The monoisotopic (exact) mass is 476 g/mol. The highest BCUT2D eigenvalue weighted by molar-refractivity contribution is 5.92. The largest absolute Gasteiger partial charge is 0.443 e. The number of ether oxygens (including phenoxy) is 3. The molecule has 1 amide bonds. The molecule has 1 aromatic heterocycles. The standard InChI is InChI=1S/C24H36N4O6/c1-16(2)27-19-14-17(15-25-26(12-13-32-9)21(30)33-23(3,4)5)10-11-18(19)28(20(27)29)22(31)34-24(6,7)8/h10-11,14-16H,12-13H2,1-9H3/b25-15+. The van der Waals surface area contributed by atoms with Crippen LogP contribution in [-0.2, 0) is 14.2 Å². The Morgan fingerprint density at radius 1 is 1.06 bits per heavy atom. The fourth-order valence-electron chi connectivity index (χ4n) is 3.12. The number of benzene rings is 1. The number of hydrogen-bond donors (Lipinski definition) is 0. The van der Waals surface area contributed by atoms with Crippen molar-refractivity contribution in [3.05, 3.63) is 34.2 Å². The second-order valence-corrected chi connectivity index (χ2v) is 10.2. The minimum atomic E-state index is -0.747. The van der Waals surface area contributed by atoms with Crippen molar-refractivity contribution < 1.29 is 23.8 Å². The highest BCUT2D eigenvalue weighted by Crippen LogP contribution is 2.20. The van der Waals surface area contributed by atoms with Crippen molar-refractivity contribution in [1.29, 1.82) is 0 Å². The first-order chi connectivity index (χ1) is 15.6. The van der Waals surface area contributed by atoms with Crippen LogP contribution in [0.25, 0.3) is 11.0 Å². The number of hydrogen-bond acceptors (Lipinski definition) is 7. The maximum absolute atomic E-state index is 13.1. The van der Waals surface area contributed by atoms with Gasteiger partial charge in [-0.05, 0) is 73.1 Å². The van der Waals surface area contributed by atoms with E-state index in [2.05, 4.69) is 5.10 Å². The van der Waals surface area contributed by atoms with Crippen molar-refractivity contribution in [3.63, 3.8) is 0 Å². The van der Waals surface area contributed by atoms with Gasteiger partial charge in [-0.3, -0.25) is 4.57 Å². The van der Waals surface area contributed by atoms with Gasteiger partial charge in [0.25, 0.3) is 0 Å². The molecule has 0 aliphatic heterocycles. The number of methoxy groups -OCH3 is 1. The molecular weight excluding hydrogens is 440 g/mol. The molecular formula is C24H36N4O6. The van der Waals surface area contributed by atoms with Crippen LogP contribution in [0.5, 0.6) is 0 Å². The zero-order chi connectivity index (χ0) is 25.8. The maximum Gasteiger partial charge on any atom is 0.430 e. The molecule has 188 valence electrons. The lowest BCUT2D eigenvalue weighted by molar-refractivity contribution is 0.0208. The lowest BCUT2D eigenvalue weighted by Gasteiger charge is -2.24. The Morgan fingerprint density at radius 3 is 2.21 bits per heavy atom. The van der Waals surface area contributed by atoms with E-state index < -0.39 is 29.1 Å². The van der Waals surface area contributed by atoms with E-state index in [-0.39, 0.29) is 19.2 Å². The summed E-state index contributed by atoms with van der Waals surface area (Å²) >= 11 is 0. The van der Waals surface area contributed by atoms with Gasteiger partial charge in [0, 0.05) is 13.2 Å². The van der Waals surface area contributed by atoms with Gasteiger partial charge in [0.2, 0.25) is 0 Å². The molecule has 34 heavy (non-hydrogen) atoms. The number of nitrogens with zero attached hydrogens (tertiary/aromatic N) is 4. The summed E-state index contributed by atoms with van der Waals surface area (Å²) in [6, 6.07) is 4.91. The summed E-state index contributed by atoms with van der Waals surface area (Å²) in [6.07, 6.45) is 0.162. The van der Waals surface area contributed by atoms with Crippen LogP contribution in [-0.4, -0.2) is 64.0 Å². The predicted molar refractivity (Wildman–Crippen MR) is 131 cm³/mol. The third-order valence-corrected chi connectivity index (χ3v) is 4.45. The van der Waals surface area contributed by atoms with Gasteiger partial charge in [-0.15, -0.1) is 0 Å². The van der Waals surface area contributed by atoms with E-state index in [1.807, 2.05) is 13.8 Å². The molecule has 0 N–H and O–H groups in total. The SMILES string of the molecule is COCCN(/N=C/c1ccc2c(c1)n(C(C)C)c(=O)n2C(=O)OC(C)(C)C)C(=O)OC(C)(C)C. The van der Waals surface area contributed by atoms with Gasteiger partial charge in [0.05, 0.1) is 30.4 Å². The molecule has 2 aromatic rings. The quantitative estimate of drug-likeness (QED) is 0.453. The van der Waals surface area contributed by atoms with E-state index in [0.29, 0.717) is 16.6 Å². The van der Waals surface area contributed by atoms with Crippen molar-refractivity contribution in [1.82, 2.24) is 14.1 Å². The number of carbonyl (C=O) groups is 2. The van der Waals surface area contributed by atoms with Crippen LogP contribution >= 0.6 is 0 Å². The predicted octanol–water partition coefficient (Wildman–Crippen LogP) is 4.38. The van der Waals surface area contributed by atoms with Crippen molar-refractivity contribution in [3.8, 4) is 0 Å². The number of fused-ring (bicyclic) bond motifs is 1. The normalized spacial score (nSPS) is 12.5. The third kappa shape index (κ3) is 6.93. The topological polar surface area (TPSA) is 104 Å². The van der Waals surface area contributed by atoms with Crippen LogP contribution in [0.1, 0.15) is 67.0 Å². The molecule has 1 heterocycles. The zero-order valence-electron chi connectivity index (χ0n) is 21.5. The second-order valence-electron chi connectivity index (χ2n) is 10.2. The summed E-state index contributed by atoms with van der Waals surface area (Å²) in [5.41, 5.74) is -0.292. The Morgan fingerprint density at radius 2 is 1.68 bits per heavy atom. The number of amides is 1. The minimum absolute atomic E-state index is 0.203. The molecule has 0 radical (unpaired) electrons. The molecule has 2 rings (SSSR count). The summed E-state index contributed by atoms with van der Waals surface area (Å²) in [5.74, 6) is 0. The summed E-state index contributed by atoms with van der Waals surface area (Å²) in [4.78, 5) is 38.3. The van der Waals surface area contributed by atoms with Gasteiger partial charge in [-0.25, -0.2) is 14.4 Å². The smallest absolute Gasteiger partial charge is 0.430 e. The first-order valence-corrected chi connectivity index (χ1v) is 11.2. The molecule has 0 spiro atoms. The highest BCUT2D eigenvalue weighted by atomic mass is 16.6. The van der Waals surface area contributed by atoms with Gasteiger partial charge < -0.3 is 14.2 Å². The Balaban J connectivity index is 2.49. The lowest BCUT2D eigenvalue weighted by atomic mass is 10.2. The molecule has 10 nitrogen and oxygen atoms in total. The fraction of sp³-hybridized carbons (Fsp3) is 0.583. The molecule has 0 atom stereocenters. The van der Waals surface area contributed by atoms with Gasteiger partial charge in [0.15, 0.2) is 0 Å². The molecule has 0 bridgehead atoms. The Kier molecular flexibility index (Phi) is 8.31. The van der Waals surface area contributed by atoms with Crippen LogP contribution in [0.15, 0.2) is 28.1 Å². The van der Waals surface area contributed by atoms with Crippen molar-refractivity contribution in [2.24, 2.45) is 5.10 Å². The minimum Gasteiger partial charge on any atom is -0.443 e.